The summed E-state index contributed by atoms with van der Waals surface area (Å²) in [5.41, 5.74) is 0.681. The molecule has 1 fully saturated rings. The van der Waals surface area contributed by atoms with Crippen molar-refractivity contribution < 1.29 is 9.18 Å². The Balaban J connectivity index is 2.20. The SMILES string of the molecule is CCCCCNC(=O)N1C(c2ccc(F)cc2)CN(C)CC1(C)C. The Morgan fingerprint density at radius 3 is 2.58 bits per heavy atom. The molecule has 4 nitrogen and oxygen atoms in total. The van der Waals surface area contributed by atoms with Gasteiger partial charge < -0.3 is 15.1 Å². The summed E-state index contributed by atoms with van der Waals surface area (Å²) in [6, 6.07) is 6.39. The minimum absolute atomic E-state index is 0.0291. The Labute approximate surface area is 145 Å². The lowest BCUT2D eigenvalue weighted by Crippen LogP contribution is -2.63. The zero-order valence-corrected chi connectivity index (χ0v) is 15.3. The molecule has 0 saturated carbocycles. The monoisotopic (exact) mass is 335 g/mol. The highest BCUT2D eigenvalue weighted by molar-refractivity contribution is 5.76. The third-order valence-electron chi connectivity index (χ3n) is 4.64. The third kappa shape index (κ3) is 4.47. The first kappa shape index (κ1) is 18.7. The highest BCUT2D eigenvalue weighted by atomic mass is 19.1. The molecule has 134 valence electrons. The molecule has 0 aliphatic carbocycles. The molecule has 1 aliphatic rings. The van der Waals surface area contributed by atoms with Crippen molar-refractivity contribution in [3.8, 4) is 0 Å². The lowest BCUT2D eigenvalue weighted by molar-refractivity contribution is 0.0151. The minimum Gasteiger partial charge on any atom is -0.338 e. The van der Waals surface area contributed by atoms with Gasteiger partial charge in [0.2, 0.25) is 0 Å². The molecule has 1 aromatic carbocycles. The second kappa shape index (κ2) is 7.97. The van der Waals surface area contributed by atoms with Gasteiger partial charge in [0.15, 0.2) is 0 Å². The third-order valence-corrected chi connectivity index (χ3v) is 4.64. The van der Waals surface area contributed by atoms with Crippen LogP contribution in [0.25, 0.3) is 0 Å². The van der Waals surface area contributed by atoms with E-state index in [9.17, 15) is 9.18 Å². The standard InChI is InChI=1S/C19H30FN3O/c1-5-6-7-12-21-18(24)23-17(13-22(4)14-19(23,2)3)15-8-10-16(20)11-9-15/h8-11,17H,5-7,12-14H2,1-4H3,(H,21,24). The number of hydrogen-bond donors (Lipinski definition) is 1. The van der Waals surface area contributed by atoms with Gasteiger partial charge in [-0.2, -0.15) is 0 Å². The van der Waals surface area contributed by atoms with Gasteiger partial charge in [-0.15, -0.1) is 0 Å². The summed E-state index contributed by atoms with van der Waals surface area (Å²) in [6.07, 6.45) is 3.25. The van der Waals surface area contributed by atoms with Gasteiger partial charge >= 0.3 is 6.03 Å². The fourth-order valence-electron chi connectivity index (χ4n) is 3.61. The fraction of sp³-hybridized carbons (Fsp3) is 0.632. The summed E-state index contributed by atoms with van der Waals surface area (Å²) in [5, 5.41) is 3.06. The maximum atomic E-state index is 13.3. The van der Waals surface area contributed by atoms with E-state index in [0.29, 0.717) is 6.54 Å². The van der Waals surface area contributed by atoms with Crippen LogP contribution in [0.1, 0.15) is 51.6 Å². The second-order valence-electron chi connectivity index (χ2n) is 7.39. The van der Waals surface area contributed by atoms with E-state index in [-0.39, 0.29) is 23.4 Å². The molecule has 2 amide bonds. The number of urea groups is 1. The number of nitrogens with one attached hydrogen (secondary N) is 1. The molecule has 1 unspecified atom stereocenters. The zero-order valence-electron chi connectivity index (χ0n) is 15.3. The van der Waals surface area contributed by atoms with E-state index in [1.807, 2.05) is 4.90 Å². The molecule has 1 saturated heterocycles. The normalized spacial score (nSPS) is 20.9. The summed E-state index contributed by atoms with van der Waals surface area (Å²) >= 11 is 0. The molecule has 1 aliphatic heterocycles. The molecule has 1 N–H and O–H groups in total. The number of benzene rings is 1. The summed E-state index contributed by atoms with van der Waals surface area (Å²) in [5.74, 6) is -0.252. The topological polar surface area (TPSA) is 35.6 Å². The molecular formula is C19H30FN3O. The molecule has 0 spiro atoms. The zero-order chi connectivity index (χ0) is 17.7. The van der Waals surface area contributed by atoms with Crippen LogP contribution in [0.4, 0.5) is 9.18 Å². The quantitative estimate of drug-likeness (QED) is 0.831. The second-order valence-corrected chi connectivity index (χ2v) is 7.39. The number of rotatable bonds is 5. The van der Waals surface area contributed by atoms with Gasteiger partial charge in [-0.1, -0.05) is 31.9 Å². The van der Waals surface area contributed by atoms with Crippen molar-refractivity contribution in [3.05, 3.63) is 35.6 Å². The van der Waals surface area contributed by atoms with Gasteiger partial charge in [0, 0.05) is 19.6 Å². The van der Waals surface area contributed by atoms with Crippen LogP contribution in [0.5, 0.6) is 0 Å². The van der Waals surface area contributed by atoms with Crippen LogP contribution >= 0.6 is 0 Å². The van der Waals surface area contributed by atoms with Gasteiger partial charge in [-0.25, -0.2) is 9.18 Å². The van der Waals surface area contributed by atoms with Crippen LogP contribution in [0, 0.1) is 5.82 Å². The van der Waals surface area contributed by atoms with Crippen molar-refractivity contribution in [2.24, 2.45) is 0 Å². The highest BCUT2D eigenvalue weighted by Crippen LogP contribution is 2.34. The van der Waals surface area contributed by atoms with E-state index in [1.165, 1.54) is 12.1 Å². The number of carbonyl (C=O) groups excluding carboxylic acids is 1. The van der Waals surface area contributed by atoms with Gasteiger partial charge in [0.05, 0.1) is 11.6 Å². The minimum atomic E-state index is -0.291. The maximum Gasteiger partial charge on any atom is 0.318 e. The predicted octanol–water partition coefficient (Wildman–Crippen LogP) is 3.79. The number of unbranched alkanes of at least 4 members (excludes halogenated alkanes) is 2. The molecule has 0 bridgehead atoms. The molecule has 0 radical (unpaired) electrons. The number of hydrogen-bond acceptors (Lipinski definition) is 2. The Morgan fingerprint density at radius 1 is 1.29 bits per heavy atom. The Bertz CT molecular complexity index is 544. The van der Waals surface area contributed by atoms with E-state index in [0.717, 1.165) is 37.9 Å². The van der Waals surface area contributed by atoms with Crippen molar-refractivity contribution in [3.63, 3.8) is 0 Å². The number of halogens is 1. The van der Waals surface area contributed by atoms with Crippen LogP contribution in [-0.4, -0.2) is 48.1 Å². The fourth-order valence-corrected chi connectivity index (χ4v) is 3.61. The number of likely N-dealkylation sites (N-methyl/N-ethyl adjacent to an activating group) is 1. The molecule has 2 rings (SSSR count). The van der Waals surface area contributed by atoms with Crippen molar-refractivity contribution in [1.82, 2.24) is 15.1 Å². The van der Waals surface area contributed by atoms with Gasteiger partial charge in [-0.3, -0.25) is 0 Å². The average Bonchev–Trinajstić information content (AvgIpc) is 2.50. The Morgan fingerprint density at radius 2 is 1.96 bits per heavy atom. The Kier molecular flexibility index (Phi) is 6.21. The first-order valence-corrected chi connectivity index (χ1v) is 8.86. The number of carbonyl (C=O) groups is 1. The summed E-state index contributed by atoms with van der Waals surface area (Å²) in [4.78, 5) is 17.0. The van der Waals surface area contributed by atoms with Crippen molar-refractivity contribution >= 4 is 6.03 Å². The van der Waals surface area contributed by atoms with Crippen LogP contribution in [-0.2, 0) is 0 Å². The van der Waals surface area contributed by atoms with E-state index in [4.69, 9.17) is 0 Å². The maximum absolute atomic E-state index is 13.3. The van der Waals surface area contributed by atoms with E-state index < -0.39 is 0 Å². The largest absolute Gasteiger partial charge is 0.338 e. The van der Waals surface area contributed by atoms with Gasteiger partial charge in [0.1, 0.15) is 5.82 Å². The smallest absolute Gasteiger partial charge is 0.318 e. The van der Waals surface area contributed by atoms with Gasteiger partial charge in [0.25, 0.3) is 0 Å². The lowest BCUT2D eigenvalue weighted by atomic mass is 9.92. The van der Waals surface area contributed by atoms with Crippen LogP contribution in [0.3, 0.4) is 0 Å². The van der Waals surface area contributed by atoms with Crippen molar-refractivity contribution in [2.45, 2.75) is 51.6 Å². The van der Waals surface area contributed by atoms with E-state index >= 15 is 0 Å². The molecule has 1 heterocycles. The first-order chi connectivity index (χ1) is 11.3. The average molecular weight is 335 g/mol. The molecule has 24 heavy (non-hydrogen) atoms. The molecule has 1 atom stereocenters. The van der Waals surface area contributed by atoms with Gasteiger partial charge in [-0.05, 0) is 45.0 Å². The van der Waals surface area contributed by atoms with Crippen molar-refractivity contribution in [1.29, 1.82) is 0 Å². The molecule has 5 heteroatoms. The summed E-state index contributed by atoms with van der Waals surface area (Å²) in [6.45, 7) is 8.58. The highest BCUT2D eigenvalue weighted by Gasteiger charge is 2.42. The van der Waals surface area contributed by atoms with E-state index in [2.05, 4.69) is 38.0 Å². The lowest BCUT2D eigenvalue weighted by Gasteiger charge is -2.51. The number of amides is 2. The van der Waals surface area contributed by atoms with Crippen molar-refractivity contribution in [2.75, 3.05) is 26.7 Å². The van der Waals surface area contributed by atoms with E-state index in [1.54, 1.807) is 12.1 Å². The van der Waals surface area contributed by atoms with Crippen LogP contribution in [0.15, 0.2) is 24.3 Å². The molecule has 0 aromatic heterocycles. The summed E-state index contributed by atoms with van der Waals surface area (Å²) < 4.78 is 13.3. The predicted molar refractivity (Wildman–Crippen MR) is 95.5 cm³/mol. The first-order valence-electron chi connectivity index (χ1n) is 8.86. The van der Waals surface area contributed by atoms with Crippen LogP contribution in [0.2, 0.25) is 0 Å². The molecular weight excluding hydrogens is 305 g/mol. The number of piperazine rings is 1. The summed E-state index contributed by atoms with van der Waals surface area (Å²) in [7, 11) is 2.06. The molecule has 1 aromatic rings. The number of nitrogens with zero attached hydrogens (tertiary/aromatic N) is 2. The van der Waals surface area contributed by atoms with Crippen LogP contribution < -0.4 is 5.32 Å². The Hall–Kier alpha value is -1.62.